The largest absolute Gasteiger partial charge is 0.454 e. The van der Waals surface area contributed by atoms with Crippen LogP contribution in [0.2, 0.25) is 5.02 Å². The molecule has 1 aromatic heterocycles. The maximum Gasteiger partial charge on any atom is 0.259 e. The number of nitrogens with zero attached hydrogens (tertiary/aromatic N) is 3. The Balaban J connectivity index is 1.41. The first-order chi connectivity index (χ1) is 18.4. The highest BCUT2D eigenvalue weighted by Gasteiger charge is 2.21. The number of aromatic nitrogens is 2. The Bertz CT molecular complexity index is 1830. The lowest BCUT2D eigenvalue weighted by molar-refractivity contribution is 0.102. The van der Waals surface area contributed by atoms with E-state index in [4.69, 9.17) is 27.2 Å². The number of nitrogens with one attached hydrogen (secondary N) is 3. The second-order valence-corrected chi connectivity index (χ2v) is 9.23. The summed E-state index contributed by atoms with van der Waals surface area (Å²) in [6, 6.07) is 26.1. The van der Waals surface area contributed by atoms with E-state index >= 15 is 0 Å². The van der Waals surface area contributed by atoms with Crippen molar-refractivity contribution in [2.24, 2.45) is 0 Å². The molecule has 3 N–H and O–H groups in total. The minimum Gasteiger partial charge on any atom is -0.454 e. The zero-order valence-electron chi connectivity index (χ0n) is 20.2. The summed E-state index contributed by atoms with van der Waals surface area (Å²) in [6.07, 6.45) is 1.05. The van der Waals surface area contributed by atoms with Gasteiger partial charge in [-0.05, 0) is 65.7 Å². The maximum atomic E-state index is 12.8. The molecule has 1 aliphatic rings. The van der Waals surface area contributed by atoms with Gasteiger partial charge < -0.3 is 15.0 Å². The van der Waals surface area contributed by atoms with E-state index in [-0.39, 0.29) is 11.5 Å². The summed E-state index contributed by atoms with van der Waals surface area (Å²) in [5, 5.41) is 20.2. The number of fused-ring (bicyclic) bond motifs is 3. The molecule has 0 saturated carbocycles. The van der Waals surface area contributed by atoms with Crippen molar-refractivity contribution in [3.8, 4) is 22.6 Å². The predicted octanol–water partition coefficient (Wildman–Crippen LogP) is 6.42. The lowest BCUT2D eigenvalue weighted by Crippen LogP contribution is -2.26. The SMILES string of the molecule is CN(c1cccc(-c2ccc3c(c2)Oc2ccccc2NC3=O)c1)c1nc(=N)n(C=N)c2cc(Cl)ccc12. The number of rotatable bonds is 4. The molecule has 0 saturated heterocycles. The van der Waals surface area contributed by atoms with Crippen LogP contribution >= 0.6 is 11.6 Å². The summed E-state index contributed by atoms with van der Waals surface area (Å²) in [7, 11) is 1.88. The van der Waals surface area contributed by atoms with Crippen LogP contribution in [0.4, 0.5) is 17.2 Å². The molecule has 186 valence electrons. The molecule has 0 bridgehead atoms. The highest BCUT2D eigenvalue weighted by atomic mass is 35.5. The summed E-state index contributed by atoms with van der Waals surface area (Å²) < 4.78 is 7.49. The third kappa shape index (κ3) is 3.97. The molecule has 0 spiro atoms. The van der Waals surface area contributed by atoms with Crippen molar-refractivity contribution in [1.82, 2.24) is 9.55 Å². The molecular weight excluding hydrogens is 500 g/mol. The lowest BCUT2D eigenvalue weighted by atomic mass is 10.0. The van der Waals surface area contributed by atoms with Gasteiger partial charge in [0.2, 0.25) is 5.62 Å². The van der Waals surface area contributed by atoms with Gasteiger partial charge in [0.15, 0.2) is 5.75 Å². The van der Waals surface area contributed by atoms with Gasteiger partial charge in [-0.3, -0.25) is 20.2 Å². The number of hydrogen-bond donors (Lipinski definition) is 3. The summed E-state index contributed by atoms with van der Waals surface area (Å²) in [5.41, 5.74) is 4.27. The van der Waals surface area contributed by atoms with Crippen molar-refractivity contribution in [2.45, 2.75) is 0 Å². The van der Waals surface area contributed by atoms with Gasteiger partial charge in [-0.2, -0.15) is 4.98 Å². The number of halogens is 1. The van der Waals surface area contributed by atoms with Crippen LogP contribution in [0.3, 0.4) is 0 Å². The smallest absolute Gasteiger partial charge is 0.259 e. The van der Waals surface area contributed by atoms with E-state index < -0.39 is 0 Å². The van der Waals surface area contributed by atoms with E-state index in [1.54, 1.807) is 24.3 Å². The second kappa shape index (κ2) is 9.17. The van der Waals surface area contributed by atoms with Gasteiger partial charge in [-0.25, -0.2) is 0 Å². The van der Waals surface area contributed by atoms with Crippen LogP contribution in [-0.2, 0) is 0 Å². The molecule has 1 aliphatic heterocycles. The van der Waals surface area contributed by atoms with Crippen LogP contribution in [0, 0.1) is 10.8 Å². The molecule has 6 rings (SSSR count). The normalized spacial score (nSPS) is 12.1. The average Bonchev–Trinajstić information content (AvgIpc) is 3.07. The molecule has 4 aromatic carbocycles. The number of para-hydroxylation sites is 2. The van der Waals surface area contributed by atoms with Gasteiger partial charge in [-0.15, -0.1) is 0 Å². The van der Waals surface area contributed by atoms with E-state index in [1.807, 2.05) is 72.6 Å². The van der Waals surface area contributed by atoms with E-state index in [0.29, 0.717) is 39.1 Å². The number of carbonyl (C=O) groups is 1. The van der Waals surface area contributed by atoms with Crippen LogP contribution in [0.15, 0.2) is 84.9 Å². The lowest BCUT2D eigenvalue weighted by Gasteiger charge is -2.22. The Labute approximate surface area is 222 Å². The molecule has 0 aliphatic carbocycles. The van der Waals surface area contributed by atoms with E-state index in [2.05, 4.69) is 10.3 Å². The third-order valence-electron chi connectivity index (χ3n) is 6.50. The van der Waals surface area contributed by atoms with Crippen LogP contribution in [0.25, 0.3) is 22.0 Å². The molecule has 9 heteroatoms. The Kier molecular flexibility index (Phi) is 5.66. The fraction of sp³-hybridized carbons (Fsp3) is 0.0345. The van der Waals surface area contributed by atoms with Crippen LogP contribution in [0.5, 0.6) is 11.5 Å². The van der Waals surface area contributed by atoms with Gasteiger partial charge >= 0.3 is 0 Å². The quantitative estimate of drug-likeness (QED) is 0.188. The zero-order valence-corrected chi connectivity index (χ0v) is 21.0. The standard InChI is InChI=1S/C29H21ClN6O2/c1-35(27-21-12-10-19(30)15-24(21)36(16-31)29(32)34-27)20-6-4-5-17(13-20)18-9-11-22-26(14-18)38-25-8-3-2-7-23(25)33-28(22)37/h2-16,31-32H,1H3,(H,33,37). The Morgan fingerprint density at radius 3 is 2.63 bits per heavy atom. The minimum atomic E-state index is -0.222. The number of hydrogen-bond acceptors (Lipinski definition) is 6. The third-order valence-corrected chi connectivity index (χ3v) is 6.73. The average molecular weight is 521 g/mol. The predicted molar refractivity (Wildman–Crippen MR) is 149 cm³/mol. The molecule has 0 atom stereocenters. The number of benzene rings is 4. The fourth-order valence-corrected chi connectivity index (χ4v) is 4.73. The molecule has 0 unspecified atom stereocenters. The topological polar surface area (TPSA) is 107 Å². The summed E-state index contributed by atoms with van der Waals surface area (Å²) in [5.74, 6) is 1.41. The first-order valence-corrected chi connectivity index (χ1v) is 12.1. The van der Waals surface area contributed by atoms with Gasteiger partial charge in [-0.1, -0.05) is 41.9 Å². The van der Waals surface area contributed by atoms with E-state index in [9.17, 15) is 4.79 Å². The second-order valence-electron chi connectivity index (χ2n) is 8.79. The molecule has 5 aromatic rings. The highest BCUT2D eigenvalue weighted by Crippen LogP contribution is 2.38. The molecule has 1 amide bonds. The summed E-state index contributed by atoms with van der Waals surface area (Å²) in [4.78, 5) is 19.1. The van der Waals surface area contributed by atoms with Gasteiger partial charge in [0.25, 0.3) is 5.91 Å². The van der Waals surface area contributed by atoms with Gasteiger partial charge in [0, 0.05) is 23.1 Å². The minimum absolute atomic E-state index is 0.0748. The number of anilines is 3. The fourth-order valence-electron chi connectivity index (χ4n) is 4.57. The maximum absolute atomic E-state index is 12.8. The molecule has 0 fully saturated rings. The zero-order chi connectivity index (χ0) is 26.4. The van der Waals surface area contributed by atoms with Crippen molar-refractivity contribution in [3.05, 3.63) is 101 Å². The van der Waals surface area contributed by atoms with E-state index in [0.717, 1.165) is 28.5 Å². The Morgan fingerprint density at radius 2 is 1.79 bits per heavy atom. The van der Waals surface area contributed by atoms with Gasteiger partial charge in [0.05, 0.1) is 23.1 Å². The molecule has 38 heavy (non-hydrogen) atoms. The van der Waals surface area contributed by atoms with Crippen molar-refractivity contribution in [3.63, 3.8) is 0 Å². The van der Waals surface area contributed by atoms with Crippen LogP contribution in [-0.4, -0.2) is 28.8 Å². The number of carbonyl (C=O) groups excluding carboxylic acids is 1. The van der Waals surface area contributed by atoms with Crippen molar-refractivity contribution >= 4 is 51.9 Å². The monoisotopic (exact) mass is 520 g/mol. The highest BCUT2D eigenvalue weighted by molar-refractivity contribution is 6.31. The Morgan fingerprint density at radius 1 is 0.974 bits per heavy atom. The van der Waals surface area contributed by atoms with Crippen molar-refractivity contribution < 1.29 is 9.53 Å². The summed E-state index contributed by atoms with van der Waals surface area (Å²) >= 11 is 6.22. The van der Waals surface area contributed by atoms with E-state index in [1.165, 1.54) is 4.57 Å². The molecular formula is C29H21ClN6O2. The summed E-state index contributed by atoms with van der Waals surface area (Å²) in [6.45, 7) is 0. The molecule has 8 nitrogen and oxygen atoms in total. The van der Waals surface area contributed by atoms with Crippen LogP contribution in [0.1, 0.15) is 10.4 Å². The molecule has 2 heterocycles. The van der Waals surface area contributed by atoms with Crippen LogP contribution < -0.4 is 20.6 Å². The van der Waals surface area contributed by atoms with Crippen molar-refractivity contribution in [1.29, 1.82) is 10.8 Å². The number of ether oxygens (including phenoxy) is 1. The Hall–Kier alpha value is -4.95. The number of amides is 1. The first kappa shape index (κ1) is 23.4. The van der Waals surface area contributed by atoms with Crippen molar-refractivity contribution in [2.75, 3.05) is 17.3 Å². The first-order valence-electron chi connectivity index (χ1n) is 11.8. The van der Waals surface area contributed by atoms with Gasteiger partial charge in [0.1, 0.15) is 11.6 Å². The molecule has 0 radical (unpaired) electrons.